The second kappa shape index (κ2) is 48.9. The molecule has 0 aliphatic heterocycles. The lowest BCUT2D eigenvalue weighted by molar-refractivity contribution is -0.889. The van der Waals surface area contributed by atoms with Crippen molar-refractivity contribution in [1.82, 2.24) is 0 Å². The van der Waals surface area contributed by atoms with E-state index in [1.807, 2.05) is 0 Å². The molecule has 0 aromatic heterocycles. The monoisotopic (exact) mass is 936 g/mol. The summed E-state index contributed by atoms with van der Waals surface area (Å²) in [5.74, 6) is -1.78. The number of likely N-dealkylation sites (N-methyl/N-ethyl adjacent to an activating group) is 1. The van der Waals surface area contributed by atoms with Gasteiger partial charge < -0.3 is 28.6 Å². The minimum Gasteiger partial charge on any atom is -0.544 e. The first kappa shape index (κ1) is 63.5. The molecule has 0 N–H and O–H groups in total. The number of unbranched alkanes of at least 4 members (excludes halogenated alkanes) is 20. The Balaban J connectivity index is 4.30. The van der Waals surface area contributed by atoms with E-state index in [1.54, 1.807) is 21.1 Å². The summed E-state index contributed by atoms with van der Waals surface area (Å²) in [6.07, 6.45) is 64.8. The van der Waals surface area contributed by atoms with E-state index in [1.165, 1.54) is 103 Å². The number of carbonyl (C=O) groups excluding carboxylic acids is 3. The first-order valence-electron chi connectivity index (χ1n) is 27.1. The SMILES string of the molecule is CC/C=C/C/C=C/C/C=C/C/C=C/C/C=C/C/C=C/CCCCCC(=O)OCC(COCCC(C(=O)[O-])[N+](C)(C)C)OC(=O)CCCCCCCCC/C=C/CCCCCCCCCCCC. The van der Waals surface area contributed by atoms with Gasteiger partial charge in [-0.05, 0) is 89.9 Å². The molecule has 0 aromatic carbocycles. The summed E-state index contributed by atoms with van der Waals surface area (Å²) in [7, 11) is 5.40. The van der Waals surface area contributed by atoms with Gasteiger partial charge in [-0.15, -0.1) is 0 Å². The van der Waals surface area contributed by atoms with Gasteiger partial charge in [-0.1, -0.05) is 195 Å². The largest absolute Gasteiger partial charge is 0.544 e. The molecule has 0 saturated heterocycles. The predicted octanol–water partition coefficient (Wildman–Crippen LogP) is 14.7. The van der Waals surface area contributed by atoms with Gasteiger partial charge in [-0.25, -0.2) is 0 Å². The lowest BCUT2D eigenvalue weighted by atomic mass is 10.1. The Kier molecular flexibility index (Phi) is 46.4. The molecule has 67 heavy (non-hydrogen) atoms. The molecule has 0 amide bonds. The van der Waals surface area contributed by atoms with Gasteiger partial charge in [0.05, 0.1) is 40.3 Å². The van der Waals surface area contributed by atoms with Crippen LogP contribution in [-0.4, -0.2) is 75.5 Å². The van der Waals surface area contributed by atoms with Gasteiger partial charge in [-0.3, -0.25) is 9.59 Å². The molecule has 0 aliphatic carbocycles. The fourth-order valence-electron chi connectivity index (χ4n) is 7.60. The molecule has 384 valence electrons. The number of rotatable bonds is 48. The van der Waals surface area contributed by atoms with E-state index in [2.05, 4.69) is 98.9 Å². The normalized spacial score (nSPS) is 13.5. The number of hydrogen-bond acceptors (Lipinski definition) is 7. The summed E-state index contributed by atoms with van der Waals surface area (Å²) >= 11 is 0. The van der Waals surface area contributed by atoms with Gasteiger partial charge in [0, 0.05) is 19.3 Å². The average molecular weight is 936 g/mol. The van der Waals surface area contributed by atoms with Crippen molar-refractivity contribution in [3.05, 3.63) is 85.1 Å². The first-order chi connectivity index (χ1) is 32.6. The van der Waals surface area contributed by atoms with Crippen LogP contribution in [0.25, 0.3) is 0 Å². The second-order valence-corrected chi connectivity index (χ2v) is 19.1. The van der Waals surface area contributed by atoms with Crippen LogP contribution in [0.15, 0.2) is 85.1 Å². The topological polar surface area (TPSA) is 102 Å². The van der Waals surface area contributed by atoms with Crippen LogP contribution in [0.1, 0.15) is 219 Å². The van der Waals surface area contributed by atoms with Crippen molar-refractivity contribution < 1.29 is 38.2 Å². The molecule has 2 atom stereocenters. The van der Waals surface area contributed by atoms with Crippen LogP contribution < -0.4 is 5.11 Å². The number of quaternary nitrogens is 1. The molecular weight excluding hydrogens is 835 g/mol. The zero-order chi connectivity index (χ0) is 49.2. The Morgan fingerprint density at radius 2 is 0.836 bits per heavy atom. The number of esters is 2. The van der Waals surface area contributed by atoms with Crippen molar-refractivity contribution in [3.8, 4) is 0 Å². The number of aliphatic carboxylic acids is 1. The van der Waals surface area contributed by atoms with E-state index in [9.17, 15) is 19.5 Å². The van der Waals surface area contributed by atoms with Gasteiger partial charge in [0.2, 0.25) is 0 Å². The lowest BCUT2D eigenvalue weighted by Gasteiger charge is -2.34. The minimum atomic E-state index is -1.13. The molecule has 2 unspecified atom stereocenters. The molecule has 8 nitrogen and oxygen atoms in total. The minimum absolute atomic E-state index is 0.0242. The Bertz CT molecular complexity index is 1370. The Morgan fingerprint density at radius 3 is 1.27 bits per heavy atom. The van der Waals surface area contributed by atoms with Crippen molar-refractivity contribution >= 4 is 17.9 Å². The molecule has 0 bridgehead atoms. The Morgan fingerprint density at radius 1 is 0.463 bits per heavy atom. The number of allylic oxidation sites excluding steroid dienone is 14. The molecule has 0 aliphatic rings. The highest BCUT2D eigenvalue weighted by Crippen LogP contribution is 2.15. The molecule has 8 heteroatoms. The van der Waals surface area contributed by atoms with Crippen LogP contribution in [-0.2, 0) is 28.6 Å². The van der Waals surface area contributed by atoms with Crippen molar-refractivity contribution in [2.75, 3.05) is 41.0 Å². The number of ether oxygens (including phenoxy) is 3. The summed E-state index contributed by atoms with van der Waals surface area (Å²) in [6.45, 7) is 4.52. The van der Waals surface area contributed by atoms with E-state index in [-0.39, 0.29) is 42.7 Å². The maximum absolute atomic E-state index is 12.8. The highest BCUT2D eigenvalue weighted by molar-refractivity contribution is 5.70. The van der Waals surface area contributed by atoms with Crippen molar-refractivity contribution in [3.63, 3.8) is 0 Å². The molecule has 0 fully saturated rings. The second-order valence-electron chi connectivity index (χ2n) is 19.1. The molecule has 0 saturated carbocycles. The third kappa shape index (κ3) is 47.4. The maximum atomic E-state index is 12.8. The van der Waals surface area contributed by atoms with E-state index in [0.29, 0.717) is 12.8 Å². The van der Waals surface area contributed by atoms with Crippen molar-refractivity contribution in [2.45, 2.75) is 231 Å². The van der Waals surface area contributed by atoms with E-state index < -0.39 is 18.1 Å². The van der Waals surface area contributed by atoms with Gasteiger partial charge in [0.15, 0.2) is 6.10 Å². The summed E-state index contributed by atoms with van der Waals surface area (Å²) in [5, 5.41) is 11.7. The number of carbonyl (C=O) groups is 3. The summed E-state index contributed by atoms with van der Waals surface area (Å²) < 4.78 is 17.2. The van der Waals surface area contributed by atoms with Crippen molar-refractivity contribution in [1.29, 1.82) is 0 Å². The van der Waals surface area contributed by atoms with Crippen LogP contribution in [0.4, 0.5) is 0 Å². The quantitative estimate of drug-likeness (QED) is 0.0259. The van der Waals surface area contributed by atoms with E-state index in [4.69, 9.17) is 14.2 Å². The maximum Gasteiger partial charge on any atom is 0.306 e. The molecular formula is C59H101NO7. The smallest absolute Gasteiger partial charge is 0.306 e. The van der Waals surface area contributed by atoms with Crippen molar-refractivity contribution in [2.24, 2.45) is 0 Å². The Hall–Kier alpha value is -3.49. The van der Waals surface area contributed by atoms with E-state index >= 15 is 0 Å². The van der Waals surface area contributed by atoms with Crippen LogP contribution in [0.5, 0.6) is 0 Å². The fourth-order valence-corrected chi connectivity index (χ4v) is 7.60. The fraction of sp³-hybridized carbons (Fsp3) is 0.712. The van der Waals surface area contributed by atoms with Gasteiger partial charge in [0.1, 0.15) is 12.6 Å². The average Bonchev–Trinajstić information content (AvgIpc) is 3.29. The Labute approximate surface area is 412 Å². The number of hydrogen-bond donors (Lipinski definition) is 0. The summed E-state index contributed by atoms with van der Waals surface area (Å²) in [5.41, 5.74) is 0. The molecule has 0 rings (SSSR count). The van der Waals surface area contributed by atoms with Crippen LogP contribution in [0, 0.1) is 0 Å². The zero-order valence-electron chi connectivity index (χ0n) is 43.8. The van der Waals surface area contributed by atoms with Gasteiger partial charge >= 0.3 is 11.9 Å². The van der Waals surface area contributed by atoms with Gasteiger partial charge in [0.25, 0.3) is 0 Å². The first-order valence-corrected chi connectivity index (χ1v) is 27.1. The molecule has 0 spiro atoms. The standard InChI is InChI=1S/C59H101NO7/c1-6-8-10-12-14-16-18-20-22-24-26-28-30-31-33-35-37-39-41-43-45-47-49-57(61)66-54-55(53-65-52-51-56(59(63)64)60(3,4)5)67-58(62)50-48-46-44-42-40-38-36-34-32-29-27-25-23-21-19-17-15-13-11-9-7-2/h8,10,14,16,20,22,26,28-29,31-33,37,39,55-56H,6-7,9,11-13,15,17-19,21,23-25,27,30,34-36,38,40-54H2,1-5H3/b10-8+,16-14+,22-20+,28-26+,32-29+,33-31+,39-37+. The number of nitrogens with zero attached hydrogens (tertiary/aromatic N) is 1. The van der Waals surface area contributed by atoms with Crippen LogP contribution in [0.2, 0.25) is 0 Å². The lowest BCUT2D eigenvalue weighted by Crippen LogP contribution is -2.55. The predicted molar refractivity (Wildman–Crippen MR) is 282 cm³/mol. The summed E-state index contributed by atoms with van der Waals surface area (Å²) in [6, 6.07) is -0.737. The molecule has 0 heterocycles. The van der Waals surface area contributed by atoms with E-state index in [0.717, 1.165) is 83.5 Å². The highest BCUT2D eigenvalue weighted by Gasteiger charge is 2.25. The molecule has 0 aromatic rings. The number of carboxylic acids is 1. The zero-order valence-corrected chi connectivity index (χ0v) is 43.8. The molecule has 0 radical (unpaired) electrons. The highest BCUT2D eigenvalue weighted by atomic mass is 16.6. The summed E-state index contributed by atoms with van der Waals surface area (Å²) in [4.78, 5) is 37.1. The third-order valence-electron chi connectivity index (χ3n) is 11.8. The van der Waals surface area contributed by atoms with Crippen LogP contribution >= 0.6 is 0 Å². The van der Waals surface area contributed by atoms with Gasteiger partial charge in [-0.2, -0.15) is 0 Å². The third-order valence-corrected chi connectivity index (χ3v) is 11.8. The number of carboxylic acid groups (broad SMARTS) is 1. The van der Waals surface area contributed by atoms with Crippen LogP contribution in [0.3, 0.4) is 0 Å².